The normalized spacial score (nSPS) is 15.3. The summed E-state index contributed by atoms with van der Waals surface area (Å²) in [5.74, 6) is 1.62. The number of likely N-dealkylation sites (tertiary alicyclic amines) is 1. The molecule has 10 heteroatoms. The summed E-state index contributed by atoms with van der Waals surface area (Å²) in [7, 11) is 0. The maximum absolute atomic E-state index is 11.9. The van der Waals surface area contributed by atoms with Crippen LogP contribution in [0.2, 0.25) is 5.28 Å². The van der Waals surface area contributed by atoms with Gasteiger partial charge in [-0.1, -0.05) is 5.16 Å². The minimum Gasteiger partial charge on any atom is -0.481 e. The van der Waals surface area contributed by atoms with E-state index in [0.29, 0.717) is 30.6 Å². The number of piperidine rings is 1. The van der Waals surface area contributed by atoms with Gasteiger partial charge in [0.05, 0.1) is 18.5 Å². The number of halogens is 1. The summed E-state index contributed by atoms with van der Waals surface area (Å²) in [6.45, 7) is 5.02. The molecule has 1 fully saturated rings. The third kappa shape index (κ3) is 4.81. The van der Waals surface area contributed by atoms with Gasteiger partial charge in [0.15, 0.2) is 18.2 Å². The maximum Gasteiger partial charge on any atom is 0.410 e. The SMILES string of the molecule is CC(C)OC(=O)N1CCC(c2noc(COc3cnc(Cl)nc3)n2)CC1. The summed E-state index contributed by atoms with van der Waals surface area (Å²) < 4.78 is 15.9. The van der Waals surface area contributed by atoms with Crippen molar-refractivity contribution in [2.75, 3.05) is 13.1 Å². The molecular formula is C16H20ClN5O4. The van der Waals surface area contributed by atoms with E-state index in [9.17, 15) is 4.79 Å². The first-order valence-electron chi connectivity index (χ1n) is 8.39. The highest BCUT2D eigenvalue weighted by atomic mass is 35.5. The molecule has 1 aliphatic heterocycles. The van der Waals surface area contributed by atoms with Crippen molar-refractivity contribution < 1.29 is 18.8 Å². The van der Waals surface area contributed by atoms with Crippen molar-refractivity contribution in [1.82, 2.24) is 25.0 Å². The molecule has 9 nitrogen and oxygen atoms in total. The molecule has 3 rings (SSSR count). The number of amides is 1. The van der Waals surface area contributed by atoms with Gasteiger partial charge in [0, 0.05) is 19.0 Å². The molecule has 1 amide bonds. The molecule has 140 valence electrons. The third-order valence-electron chi connectivity index (χ3n) is 3.90. The molecule has 0 unspecified atom stereocenters. The highest BCUT2D eigenvalue weighted by Gasteiger charge is 2.28. The van der Waals surface area contributed by atoms with Crippen LogP contribution in [0.4, 0.5) is 4.79 Å². The second-order valence-corrected chi connectivity index (χ2v) is 6.55. The smallest absolute Gasteiger partial charge is 0.410 e. The zero-order chi connectivity index (χ0) is 18.5. The fraction of sp³-hybridized carbons (Fsp3) is 0.562. The Kier molecular flexibility index (Phi) is 5.87. The van der Waals surface area contributed by atoms with E-state index < -0.39 is 0 Å². The van der Waals surface area contributed by atoms with Crippen LogP contribution in [0.25, 0.3) is 0 Å². The van der Waals surface area contributed by atoms with E-state index >= 15 is 0 Å². The maximum atomic E-state index is 11.9. The topological polar surface area (TPSA) is 103 Å². The minimum atomic E-state index is -0.272. The standard InChI is InChI=1S/C16H20ClN5O4/c1-10(2)25-16(23)22-5-3-11(4-6-22)14-20-13(26-21-14)9-24-12-7-18-15(17)19-8-12/h7-8,10-11H,3-6,9H2,1-2H3. The van der Waals surface area contributed by atoms with E-state index in [1.165, 1.54) is 12.4 Å². The van der Waals surface area contributed by atoms with Crippen molar-refractivity contribution >= 4 is 17.7 Å². The Bertz CT molecular complexity index is 728. The zero-order valence-corrected chi connectivity index (χ0v) is 15.3. The lowest BCUT2D eigenvalue weighted by atomic mass is 9.96. The van der Waals surface area contributed by atoms with Crippen LogP contribution in [-0.2, 0) is 11.3 Å². The molecule has 1 saturated heterocycles. The average Bonchev–Trinajstić information content (AvgIpc) is 3.10. The molecule has 0 saturated carbocycles. The highest BCUT2D eigenvalue weighted by molar-refractivity contribution is 6.28. The highest BCUT2D eigenvalue weighted by Crippen LogP contribution is 2.26. The Hall–Kier alpha value is -2.42. The van der Waals surface area contributed by atoms with Gasteiger partial charge in [0.25, 0.3) is 5.89 Å². The van der Waals surface area contributed by atoms with Gasteiger partial charge in [0.2, 0.25) is 5.28 Å². The number of aromatic nitrogens is 4. The molecule has 3 heterocycles. The second-order valence-electron chi connectivity index (χ2n) is 6.22. The van der Waals surface area contributed by atoms with Crippen molar-refractivity contribution in [2.24, 2.45) is 0 Å². The Balaban J connectivity index is 1.49. The van der Waals surface area contributed by atoms with E-state index in [0.717, 1.165) is 12.8 Å². The van der Waals surface area contributed by atoms with Gasteiger partial charge in [-0.25, -0.2) is 14.8 Å². The molecule has 0 atom stereocenters. The van der Waals surface area contributed by atoms with E-state index in [4.69, 9.17) is 25.6 Å². The van der Waals surface area contributed by atoms with Crippen molar-refractivity contribution in [3.05, 3.63) is 29.4 Å². The van der Waals surface area contributed by atoms with Crippen LogP contribution < -0.4 is 4.74 Å². The fourth-order valence-corrected chi connectivity index (χ4v) is 2.71. The van der Waals surface area contributed by atoms with Crippen LogP contribution in [-0.4, -0.2) is 50.3 Å². The molecule has 0 spiro atoms. The van der Waals surface area contributed by atoms with Crippen LogP contribution in [0.3, 0.4) is 0 Å². The Morgan fingerprint density at radius 1 is 1.35 bits per heavy atom. The Morgan fingerprint density at radius 3 is 2.69 bits per heavy atom. The number of carbonyl (C=O) groups excluding carboxylic acids is 1. The fourth-order valence-electron chi connectivity index (χ4n) is 2.61. The number of nitrogens with zero attached hydrogens (tertiary/aromatic N) is 5. The summed E-state index contributed by atoms with van der Waals surface area (Å²) in [6.07, 6.45) is 4.07. The van der Waals surface area contributed by atoms with Crippen LogP contribution in [0, 0.1) is 0 Å². The number of hydrogen-bond acceptors (Lipinski definition) is 8. The molecule has 0 N–H and O–H groups in total. The molecule has 2 aromatic heterocycles. The molecule has 0 aliphatic carbocycles. The van der Waals surface area contributed by atoms with Gasteiger partial charge in [-0.05, 0) is 38.3 Å². The molecule has 1 aliphatic rings. The number of rotatable bonds is 5. The van der Waals surface area contributed by atoms with E-state index in [2.05, 4.69) is 20.1 Å². The quantitative estimate of drug-likeness (QED) is 0.728. The van der Waals surface area contributed by atoms with Crippen LogP contribution >= 0.6 is 11.6 Å². The van der Waals surface area contributed by atoms with Crippen molar-refractivity contribution in [3.8, 4) is 5.75 Å². The predicted octanol–water partition coefficient (Wildman–Crippen LogP) is 2.82. The summed E-state index contributed by atoms with van der Waals surface area (Å²) >= 11 is 5.62. The van der Waals surface area contributed by atoms with Crippen molar-refractivity contribution in [1.29, 1.82) is 0 Å². The molecule has 2 aromatic rings. The lowest BCUT2D eigenvalue weighted by Gasteiger charge is -2.30. The number of carbonyl (C=O) groups is 1. The summed E-state index contributed by atoms with van der Waals surface area (Å²) in [4.78, 5) is 25.7. The first-order chi connectivity index (χ1) is 12.5. The van der Waals surface area contributed by atoms with Gasteiger partial charge in [-0.2, -0.15) is 4.98 Å². The first kappa shape index (κ1) is 18.4. The van der Waals surface area contributed by atoms with Crippen molar-refractivity contribution in [2.45, 2.75) is 45.3 Å². The third-order valence-corrected chi connectivity index (χ3v) is 4.09. The van der Waals surface area contributed by atoms with Gasteiger partial charge in [0.1, 0.15) is 0 Å². The Morgan fingerprint density at radius 2 is 2.04 bits per heavy atom. The Labute approximate surface area is 155 Å². The molecule has 0 bridgehead atoms. The number of hydrogen-bond donors (Lipinski definition) is 0. The van der Waals surface area contributed by atoms with Crippen molar-refractivity contribution in [3.63, 3.8) is 0 Å². The molecule has 26 heavy (non-hydrogen) atoms. The van der Waals surface area contributed by atoms with Crippen LogP contribution in [0.5, 0.6) is 5.75 Å². The average molecular weight is 382 g/mol. The van der Waals surface area contributed by atoms with Gasteiger partial charge >= 0.3 is 6.09 Å². The number of ether oxygens (including phenoxy) is 2. The second kappa shape index (κ2) is 8.31. The lowest BCUT2D eigenvalue weighted by Crippen LogP contribution is -2.39. The largest absolute Gasteiger partial charge is 0.481 e. The van der Waals surface area contributed by atoms with Gasteiger partial charge < -0.3 is 18.9 Å². The molecule has 0 aromatic carbocycles. The van der Waals surface area contributed by atoms with E-state index in [-0.39, 0.29) is 30.0 Å². The monoisotopic (exact) mass is 381 g/mol. The molecule has 0 radical (unpaired) electrons. The molecular weight excluding hydrogens is 362 g/mol. The van der Waals surface area contributed by atoms with Crippen LogP contribution in [0.15, 0.2) is 16.9 Å². The van der Waals surface area contributed by atoms with Gasteiger partial charge in [-0.15, -0.1) is 0 Å². The van der Waals surface area contributed by atoms with E-state index in [1.807, 2.05) is 13.8 Å². The minimum absolute atomic E-state index is 0.119. The summed E-state index contributed by atoms with van der Waals surface area (Å²) in [5, 5.41) is 4.19. The summed E-state index contributed by atoms with van der Waals surface area (Å²) in [6, 6.07) is 0. The van der Waals surface area contributed by atoms with Gasteiger partial charge in [-0.3, -0.25) is 0 Å². The zero-order valence-electron chi connectivity index (χ0n) is 14.6. The van der Waals surface area contributed by atoms with E-state index in [1.54, 1.807) is 4.90 Å². The summed E-state index contributed by atoms with van der Waals surface area (Å²) in [5.41, 5.74) is 0. The first-order valence-corrected chi connectivity index (χ1v) is 8.77. The lowest BCUT2D eigenvalue weighted by molar-refractivity contribution is 0.0688. The van der Waals surface area contributed by atoms with Crippen LogP contribution in [0.1, 0.15) is 44.3 Å². The predicted molar refractivity (Wildman–Crippen MR) is 90.8 cm³/mol.